The van der Waals surface area contributed by atoms with E-state index in [2.05, 4.69) is 10.5 Å². The molecule has 7 heteroatoms. The normalized spacial score (nSPS) is 11.4. The van der Waals surface area contributed by atoms with Crippen molar-refractivity contribution < 1.29 is 18.8 Å². The summed E-state index contributed by atoms with van der Waals surface area (Å²) in [5, 5.41) is 15.1. The molecule has 0 saturated carbocycles. The molecule has 1 heterocycles. The van der Waals surface area contributed by atoms with Crippen LogP contribution in [0.25, 0.3) is 0 Å². The molecule has 0 aliphatic heterocycles. The van der Waals surface area contributed by atoms with Gasteiger partial charge < -0.3 is 19.3 Å². The molecule has 0 unspecified atom stereocenters. The van der Waals surface area contributed by atoms with Crippen molar-refractivity contribution in [3.63, 3.8) is 0 Å². The fourth-order valence-corrected chi connectivity index (χ4v) is 1.73. The summed E-state index contributed by atoms with van der Waals surface area (Å²) in [7, 11) is 1.46. The van der Waals surface area contributed by atoms with Gasteiger partial charge in [0.15, 0.2) is 23.4 Å². The van der Waals surface area contributed by atoms with E-state index in [-0.39, 0.29) is 5.91 Å². The van der Waals surface area contributed by atoms with E-state index in [0.29, 0.717) is 28.6 Å². The summed E-state index contributed by atoms with van der Waals surface area (Å²) >= 11 is 0. The van der Waals surface area contributed by atoms with E-state index in [9.17, 15) is 4.79 Å². The number of methoxy groups -OCH3 is 1. The number of ether oxygens (including phenoxy) is 2. The average Bonchev–Trinajstić information content (AvgIpc) is 2.92. The van der Waals surface area contributed by atoms with Crippen LogP contribution in [-0.2, 0) is 4.79 Å². The van der Waals surface area contributed by atoms with Crippen LogP contribution in [0.4, 0.5) is 5.82 Å². The van der Waals surface area contributed by atoms with Crippen LogP contribution in [0.3, 0.4) is 0 Å². The highest BCUT2D eigenvalue weighted by Gasteiger charge is 2.18. The smallest absolute Gasteiger partial charge is 0.266 e. The van der Waals surface area contributed by atoms with E-state index in [0.717, 1.165) is 0 Å². The maximum absolute atomic E-state index is 12.0. The number of hydrogen-bond acceptors (Lipinski definition) is 6. The topological polar surface area (TPSA) is 97.4 Å². The molecule has 22 heavy (non-hydrogen) atoms. The molecule has 1 aromatic heterocycles. The minimum atomic E-state index is -0.779. The van der Waals surface area contributed by atoms with Gasteiger partial charge in [0.1, 0.15) is 5.76 Å². The number of nitrogens with zero attached hydrogens (tertiary/aromatic N) is 2. The van der Waals surface area contributed by atoms with Gasteiger partial charge in [-0.2, -0.15) is 5.26 Å². The van der Waals surface area contributed by atoms with Crippen molar-refractivity contribution in [3.8, 4) is 17.6 Å². The van der Waals surface area contributed by atoms with Gasteiger partial charge >= 0.3 is 0 Å². The number of amides is 1. The maximum Gasteiger partial charge on any atom is 0.266 e. The standard InChI is InChI=1S/C15H15N3O4/c1-9-6-14(18-22-9)17-15(19)10(2)21-12-5-4-11(8-16)7-13(12)20-3/h4-7,10H,1-3H3,(H,17,18,19)/t10-/m0/s1. The predicted molar refractivity (Wildman–Crippen MR) is 77.7 cm³/mol. The molecule has 114 valence electrons. The second-order valence-corrected chi connectivity index (χ2v) is 4.55. The Hall–Kier alpha value is -3.01. The monoisotopic (exact) mass is 301 g/mol. The Morgan fingerprint density at radius 3 is 2.77 bits per heavy atom. The largest absolute Gasteiger partial charge is 0.493 e. The highest BCUT2D eigenvalue weighted by molar-refractivity contribution is 5.93. The van der Waals surface area contributed by atoms with Gasteiger partial charge in [-0.25, -0.2) is 0 Å². The van der Waals surface area contributed by atoms with Crippen LogP contribution in [0.5, 0.6) is 11.5 Å². The second kappa shape index (κ2) is 6.63. The van der Waals surface area contributed by atoms with Gasteiger partial charge in [0.25, 0.3) is 5.91 Å². The van der Waals surface area contributed by atoms with Crippen LogP contribution < -0.4 is 14.8 Å². The summed E-state index contributed by atoms with van der Waals surface area (Å²) in [5.74, 6) is 1.30. The van der Waals surface area contributed by atoms with E-state index >= 15 is 0 Å². The third-order valence-electron chi connectivity index (χ3n) is 2.84. The fourth-order valence-electron chi connectivity index (χ4n) is 1.73. The number of carbonyl (C=O) groups is 1. The minimum Gasteiger partial charge on any atom is -0.493 e. The lowest BCUT2D eigenvalue weighted by Gasteiger charge is -2.16. The first-order valence-electron chi connectivity index (χ1n) is 6.52. The van der Waals surface area contributed by atoms with Crippen molar-refractivity contribution in [2.45, 2.75) is 20.0 Å². The molecule has 0 aliphatic rings. The maximum atomic E-state index is 12.0. The van der Waals surface area contributed by atoms with Crippen molar-refractivity contribution in [3.05, 3.63) is 35.6 Å². The van der Waals surface area contributed by atoms with Crippen molar-refractivity contribution in [1.82, 2.24) is 5.16 Å². The second-order valence-electron chi connectivity index (χ2n) is 4.55. The number of anilines is 1. The number of nitriles is 1. The van der Waals surface area contributed by atoms with E-state index in [4.69, 9.17) is 19.3 Å². The van der Waals surface area contributed by atoms with Crippen LogP contribution in [0.2, 0.25) is 0 Å². The molecule has 2 rings (SSSR count). The van der Waals surface area contributed by atoms with Crippen molar-refractivity contribution in [2.24, 2.45) is 0 Å². The average molecular weight is 301 g/mol. The molecule has 0 aliphatic carbocycles. The highest BCUT2D eigenvalue weighted by atomic mass is 16.5. The van der Waals surface area contributed by atoms with Crippen LogP contribution >= 0.6 is 0 Å². The summed E-state index contributed by atoms with van der Waals surface area (Å²) in [6.45, 7) is 3.32. The first-order chi connectivity index (χ1) is 10.5. The number of aryl methyl sites for hydroxylation is 1. The van der Waals surface area contributed by atoms with Gasteiger partial charge in [-0.3, -0.25) is 4.79 Å². The first kappa shape index (κ1) is 15.4. The quantitative estimate of drug-likeness (QED) is 0.909. The zero-order valence-electron chi connectivity index (χ0n) is 12.4. The van der Waals surface area contributed by atoms with Gasteiger partial charge in [0.2, 0.25) is 0 Å². The molecule has 0 bridgehead atoms. The lowest BCUT2D eigenvalue weighted by molar-refractivity contribution is -0.122. The molecule has 1 N–H and O–H groups in total. The Bertz CT molecular complexity index is 718. The Morgan fingerprint density at radius 1 is 1.41 bits per heavy atom. The first-order valence-corrected chi connectivity index (χ1v) is 6.52. The number of carbonyl (C=O) groups excluding carboxylic acids is 1. The van der Waals surface area contributed by atoms with Crippen molar-refractivity contribution >= 4 is 11.7 Å². The number of hydrogen-bond donors (Lipinski definition) is 1. The SMILES string of the molecule is COc1cc(C#N)ccc1O[C@@H](C)C(=O)Nc1cc(C)on1. The van der Waals surface area contributed by atoms with Gasteiger partial charge in [-0.15, -0.1) is 0 Å². The third-order valence-corrected chi connectivity index (χ3v) is 2.84. The molecular weight excluding hydrogens is 286 g/mol. The van der Waals surface area contributed by atoms with Crippen LogP contribution in [0, 0.1) is 18.3 Å². The number of aromatic nitrogens is 1. The summed E-state index contributed by atoms with van der Waals surface area (Å²) in [6, 6.07) is 8.32. The van der Waals surface area contributed by atoms with Crippen molar-refractivity contribution in [1.29, 1.82) is 5.26 Å². The Kier molecular flexibility index (Phi) is 4.63. The summed E-state index contributed by atoms with van der Waals surface area (Å²) in [4.78, 5) is 12.0. The summed E-state index contributed by atoms with van der Waals surface area (Å²) < 4.78 is 15.6. The molecule has 0 spiro atoms. The fraction of sp³-hybridized carbons (Fsp3) is 0.267. The number of nitrogens with one attached hydrogen (secondary N) is 1. The highest BCUT2D eigenvalue weighted by Crippen LogP contribution is 2.28. The van der Waals surface area contributed by atoms with E-state index in [1.165, 1.54) is 7.11 Å². The molecule has 1 atom stereocenters. The van der Waals surface area contributed by atoms with E-state index < -0.39 is 6.10 Å². The molecule has 1 aromatic carbocycles. The van der Waals surface area contributed by atoms with Gasteiger partial charge in [-0.05, 0) is 26.0 Å². The number of benzene rings is 1. The third kappa shape index (κ3) is 3.55. The minimum absolute atomic E-state index is 0.324. The Balaban J connectivity index is 2.06. The summed E-state index contributed by atoms with van der Waals surface area (Å²) in [5.41, 5.74) is 0.444. The van der Waals surface area contributed by atoms with Gasteiger partial charge in [-0.1, -0.05) is 5.16 Å². The molecule has 0 radical (unpaired) electrons. The van der Waals surface area contributed by atoms with Crippen LogP contribution in [0.15, 0.2) is 28.8 Å². The zero-order chi connectivity index (χ0) is 16.1. The van der Waals surface area contributed by atoms with Crippen molar-refractivity contribution in [2.75, 3.05) is 12.4 Å². The Morgan fingerprint density at radius 2 is 2.18 bits per heavy atom. The van der Waals surface area contributed by atoms with E-state index in [1.54, 1.807) is 38.1 Å². The molecule has 0 fully saturated rings. The van der Waals surface area contributed by atoms with E-state index in [1.807, 2.05) is 6.07 Å². The lowest BCUT2D eigenvalue weighted by Crippen LogP contribution is -2.30. The van der Waals surface area contributed by atoms with Gasteiger partial charge in [0.05, 0.1) is 18.7 Å². The van der Waals surface area contributed by atoms with Crippen LogP contribution in [-0.4, -0.2) is 24.3 Å². The van der Waals surface area contributed by atoms with Gasteiger partial charge in [0, 0.05) is 12.1 Å². The predicted octanol–water partition coefficient (Wildman–Crippen LogP) is 2.27. The summed E-state index contributed by atoms with van der Waals surface area (Å²) in [6.07, 6.45) is -0.779. The number of rotatable bonds is 5. The molecule has 1 amide bonds. The Labute approximate surface area is 127 Å². The molecule has 7 nitrogen and oxygen atoms in total. The molecule has 2 aromatic rings. The molecule has 0 saturated heterocycles. The van der Waals surface area contributed by atoms with Crippen LogP contribution in [0.1, 0.15) is 18.2 Å². The zero-order valence-corrected chi connectivity index (χ0v) is 12.4. The molecular formula is C15H15N3O4. The lowest BCUT2D eigenvalue weighted by atomic mass is 10.2.